The molecule has 0 saturated carbocycles. The summed E-state index contributed by atoms with van der Waals surface area (Å²) in [5.41, 5.74) is 3.70. The first-order chi connectivity index (χ1) is 9.61. The quantitative estimate of drug-likeness (QED) is 0.843. The van der Waals surface area contributed by atoms with Gasteiger partial charge in [0.05, 0.1) is 5.02 Å². The number of aryl methyl sites for hydroxylation is 1. The van der Waals surface area contributed by atoms with E-state index in [0.29, 0.717) is 0 Å². The average Bonchev–Trinajstić information content (AvgIpc) is 2.41. The van der Waals surface area contributed by atoms with Gasteiger partial charge in [0.15, 0.2) is 0 Å². The number of pyridine rings is 1. The van der Waals surface area contributed by atoms with Gasteiger partial charge < -0.3 is 5.32 Å². The molecule has 0 aliphatic rings. The van der Waals surface area contributed by atoms with Gasteiger partial charge in [0, 0.05) is 22.9 Å². The highest BCUT2D eigenvalue weighted by atomic mass is 79.9. The molecule has 2 rings (SSSR count). The minimum atomic E-state index is 0.257. The Labute approximate surface area is 133 Å². The number of aromatic nitrogens is 1. The predicted octanol–water partition coefficient (Wildman–Crippen LogP) is 4.70. The fraction of sp³-hybridized carbons (Fsp3) is 0.312. The number of nitrogens with zero attached hydrogens (tertiary/aromatic N) is 1. The van der Waals surface area contributed by atoms with Crippen molar-refractivity contribution in [1.82, 2.24) is 10.3 Å². The zero-order valence-electron chi connectivity index (χ0n) is 11.7. The Morgan fingerprint density at radius 2 is 2.15 bits per heavy atom. The van der Waals surface area contributed by atoms with Crippen LogP contribution in [0.4, 0.5) is 0 Å². The van der Waals surface area contributed by atoms with Crippen LogP contribution in [0.1, 0.15) is 29.7 Å². The molecule has 2 nitrogen and oxygen atoms in total. The van der Waals surface area contributed by atoms with E-state index in [-0.39, 0.29) is 6.04 Å². The molecular formula is C16H18BrClN2. The minimum absolute atomic E-state index is 0.257. The summed E-state index contributed by atoms with van der Waals surface area (Å²) < 4.78 is 1.11. The lowest BCUT2D eigenvalue weighted by Crippen LogP contribution is -2.23. The third-order valence-electron chi connectivity index (χ3n) is 3.34. The number of likely N-dealkylation sites (N-methyl/N-ethyl adjacent to an activating group) is 1. The summed E-state index contributed by atoms with van der Waals surface area (Å²) in [6.45, 7) is 5.18. The monoisotopic (exact) mass is 352 g/mol. The molecule has 0 spiro atoms. The van der Waals surface area contributed by atoms with E-state index in [2.05, 4.69) is 58.3 Å². The number of rotatable bonds is 5. The van der Waals surface area contributed by atoms with Gasteiger partial charge in [-0.1, -0.05) is 40.5 Å². The molecule has 4 heteroatoms. The van der Waals surface area contributed by atoms with Crippen molar-refractivity contribution in [2.24, 2.45) is 0 Å². The van der Waals surface area contributed by atoms with Crippen molar-refractivity contribution in [2.45, 2.75) is 26.3 Å². The van der Waals surface area contributed by atoms with Gasteiger partial charge in [0.2, 0.25) is 0 Å². The standard InChI is InChI=1S/C16H18BrClN2/c1-3-20-16(9-12-6-7-19-10-15(12)18)14-5-4-13(17)8-11(14)2/h4-8,10,16,20H,3,9H2,1-2H3. The van der Waals surface area contributed by atoms with Crippen molar-refractivity contribution in [2.75, 3.05) is 6.54 Å². The zero-order chi connectivity index (χ0) is 14.5. The van der Waals surface area contributed by atoms with Gasteiger partial charge in [-0.3, -0.25) is 4.98 Å². The molecule has 0 aliphatic heterocycles. The van der Waals surface area contributed by atoms with Crippen molar-refractivity contribution < 1.29 is 0 Å². The molecule has 0 fully saturated rings. The Balaban J connectivity index is 2.29. The highest BCUT2D eigenvalue weighted by Crippen LogP contribution is 2.26. The van der Waals surface area contributed by atoms with E-state index in [0.717, 1.165) is 28.0 Å². The smallest absolute Gasteiger partial charge is 0.0622 e. The van der Waals surface area contributed by atoms with E-state index in [9.17, 15) is 0 Å². The zero-order valence-corrected chi connectivity index (χ0v) is 14.0. The molecule has 1 atom stereocenters. The summed E-state index contributed by atoms with van der Waals surface area (Å²) in [5.74, 6) is 0. The second kappa shape index (κ2) is 7.21. The number of nitrogens with one attached hydrogen (secondary N) is 1. The Morgan fingerprint density at radius 3 is 2.80 bits per heavy atom. The van der Waals surface area contributed by atoms with Crippen LogP contribution in [-0.2, 0) is 6.42 Å². The third kappa shape index (κ3) is 3.81. The SMILES string of the molecule is CCNC(Cc1ccncc1Cl)c1ccc(Br)cc1C. The Bertz CT molecular complexity index is 586. The molecule has 20 heavy (non-hydrogen) atoms. The van der Waals surface area contributed by atoms with Gasteiger partial charge in [-0.05, 0) is 54.8 Å². The highest BCUT2D eigenvalue weighted by molar-refractivity contribution is 9.10. The molecule has 2 aromatic rings. The van der Waals surface area contributed by atoms with Crippen LogP contribution in [0.2, 0.25) is 5.02 Å². The topological polar surface area (TPSA) is 24.9 Å². The molecular weight excluding hydrogens is 336 g/mol. The lowest BCUT2D eigenvalue weighted by atomic mass is 9.96. The van der Waals surface area contributed by atoms with Gasteiger partial charge in [-0.2, -0.15) is 0 Å². The third-order valence-corrected chi connectivity index (χ3v) is 4.17. The van der Waals surface area contributed by atoms with Crippen LogP contribution in [0.5, 0.6) is 0 Å². The summed E-state index contributed by atoms with van der Waals surface area (Å²) in [4.78, 5) is 4.04. The molecule has 0 amide bonds. The van der Waals surface area contributed by atoms with E-state index >= 15 is 0 Å². The van der Waals surface area contributed by atoms with Crippen molar-refractivity contribution in [1.29, 1.82) is 0 Å². The van der Waals surface area contributed by atoms with Gasteiger partial charge in [0.1, 0.15) is 0 Å². The normalized spacial score (nSPS) is 12.4. The second-order valence-electron chi connectivity index (χ2n) is 4.78. The number of benzene rings is 1. The number of halogens is 2. The molecule has 1 heterocycles. The van der Waals surface area contributed by atoms with Crippen molar-refractivity contribution in [3.8, 4) is 0 Å². The van der Waals surface area contributed by atoms with Gasteiger partial charge in [-0.15, -0.1) is 0 Å². The lowest BCUT2D eigenvalue weighted by molar-refractivity contribution is 0.547. The summed E-state index contributed by atoms with van der Waals surface area (Å²) in [7, 11) is 0. The summed E-state index contributed by atoms with van der Waals surface area (Å²) >= 11 is 9.74. The van der Waals surface area contributed by atoms with Crippen LogP contribution in [-0.4, -0.2) is 11.5 Å². The number of hydrogen-bond acceptors (Lipinski definition) is 2. The van der Waals surface area contributed by atoms with Gasteiger partial charge in [-0.25, -0.2) is 0 Å². The molecule has 0 radical (unpaired) electrons. The van der Waals surface area contributed by atoms with E-state index in [4.69, 9.17) is 11.6 Å². The lowest BCUT2D eigenvalue weighted by Gasteiger charge is -2.21. The van der Waals surface area contributed by atoms with Crippen LogP contribution < -0.4 is 5.32 Å². The van der Waals surface area contributed by atoms with Crippen LogP contribution >= 0.6 is 27.5 Å². The fourth-order valence-electron chi connectivity index (χ4n) is 2.36. The van der Waals surface area contributed by atoms with Crippen LogP contribution in [0.3, 0.4) is 0 Å². The van der Waals surface area contributed by atoms with Crippen molar-refractivity contribution in [3.05, 3.63) is 62.8 Å². The van der Waals surface area contributed by atoms with Crippen molar-refractivity contribution in [3.63, 3.8) is 0 Å². The molecule has 106 valence electrons. The first kappa shape index (κ1) is 15.5. The highest BCUT2D eigenvalue weighted by Gasteiger charge is 2.15. The maximum absolute atomic E-state index is 6.22. The minimum Gasteiger partial charge on any atom is -0.310 e. The van der Waals surface area contributed by atoms with Crippen LogP contribution in [0, 0.1) is 6.92 Å². The molecule has 0 aliphatic carbocycles. The van der Waals surface area contributed by atoms with E-state index in [1.807, 2.05) is 6.07 Å². The summed E-state index contributed by atoms with van der Waals surface area (Å²) in [5, 5.41) is 4.27. The van der Waals surface area contributed by atoms with E-state index < -0.39 is 0 Å². The van der Waals surface area contributed by atoms with Crippen LogP contribution in [0.15, 0.2) is 41.1 Å². The van der Waals surface area contributed by atoms with E-state index in [1.54, 1.807) is 12.4 Å². The first-order valence-corrected chi connectivity index (χ1v) is 7.86. The molecule has 1 aromatic carbocycles. The van der Waals surface area contributed by atoms with E-state index in [1.165, 1.54) is 11.1 Å². The van der Waals surface area contributed by atoms with Crippen LogP contribution in [0.25, 0.3) is 0 Å². The molecule has 0 saturated heterocycles. The molecule has 1 unspecified atom stereocenters. The molecule has 0 bridgehead atoms. The fourth-order valence-corrected chi connectivity index (χ4v) is 3.03. The predicted molar refractivity (Wildman–Crippen MR) is 88.2 cm³/mol. The maximum Gasteiger partial charge on any atom is 0.0622 e. The van der Waals surface area contributed by atoms with Gasteiger partial charge in [0.25, 0.3) is 0 Å². The molecule has 1 N–H and O–H groups in total. The first-order valence-electron chi connectivity index (χ1n) is 6.69. The average molecular weight is 354 g/mol. The number of hydrogen-bond donors (Lipinski definition) is 1. The Kier molecular flexibility index (Phi) is 5.58. The Hall–Kier alpha value is -0.900. The second-order valence-corrected chi connectivity index (χ2v) is 6.11. The Morgan fingerprint density at radius 1 is 1.35 bits per heavy atom. The molecule has 1 aromatic heterocycles. The summed E-state index contributed by atoms with van der Waals surface area (Å²) in [6, 6.07) is 8.64. The largest absolute Gasteiger partial charge is 0.310 e. The summed E-state index contributed by atoms with van der Waals surface area (Å²) in [6.07, 6.45) is 4.35. The maximum atomic E-state index is 6.22. The van der Waals surface area contributed by atoms with Crippen molar-refractivity contribution >= 4 is 27.5 Å². The van der Waals surface area contributed by atoms with Gasteiger partial charge >= 0.3 is 0 Å².